The van der Waals surface area contributed by atoms with Gasteiger partial charge in [0, 0.05) is 6.42 Å². The Morgan fingerprint density at radius 3 is 1.61 bits per heavy atom. The van der Waals surface area contributed by atoms with Crippen LogP contribution in [0.15, 0.2) is 12.2 Å². The van der Waals surface area contributed by atoms with Crippen molar-refractivity contribution >= 4 is 0 Å². The highest BCUT2D eigenvalue weighted by Gasteiger charge is 2.17. The van der Waals surface area contributed by atoms with Gasteiger partial charge in [0.25, 0.3) is 0 Å². The number of allylic oxidation sites excluding steroid dienone is 2. The zero-order valence-electron chi connectivity index (χ0n) is 16.7. The van der Waals surface area contributed by atoms with E-state index in [1.807, 2.05) is 0 Å². The van der Waals surface area contributed by atoms with Crippen LogP contribution in [0.25, 0.3) is 0 Å². The molecular weight excluding hydrogens is 280 g/mol. The average Bonchev–Trinajstić information content (AvgIpc) is 2.50. The lowest BCUT2D eigenvalue weighted by Crippen LogP contribution is -2.50. The normalized spacial score (nSPS) is 13.8. The van der Waals surface area contributed by atoms with E-state index in [0.29, 0.717) is 6.17 Å². The predicted octanol–water partition coefficient (Wildman–Crippen LogP) is 6.01. The molecule has 0 saturated heterocycles. The lowest BCUT2D eigenvalue weighted by atomic mass is 10.1. The molecule has 0 rings (SSSR count). The molecule has 1 unspecified atom stereocenters. The van der Waals surface area contributed by atoms with E-state index in [-0.39, 0.29) is 0 Å². The van der Waals surface area contributed by atoms with Crippen LogP contribution >= 0.6 is 0 Å². The van der Waals surface area contributed by atoms with E-state index in [1.165, 1.54) is 83.5 Å². The first-order valence-electron chi connectivity index (χ1n) is 10.2. The number of unbranched alkanes of at least 4 members (excludes halogenated alkanes) is 11. The highest BCUT2D eigenvalue weighted by Crippen LogP contribution is 2.12. The van der Waals surface area contributed by atoms with Gasteiger partial charge in [-0.2, -0.15) is 0 Å². The number of hydrogen-bond acceptors (Lipinski definition) is 1. The maximum atomic E-state index is 6.17. The summed E-state index contributed by atoms with van der Waals surface area (Å²) in [5, 5.41) is 0. The minimum atomic E-state index is 0.292. The van der Waals surface area contributed by atoms with E-state index in [0.717, 1.165) is 10.9 Å². The van der Waals surface area contributed by atoms with Crippen LogP contribution < -0.4 is 5.73 Å². The molecule has 0 heterocycles. The van der Waals surface area contributed by atoms with E-state index in [4.69, 9.17) is 5.73 Å². The molecule has 0 fully saturated rings. The molecule has 0 aromatic heterocycles. The fourth-order valence-corrected chi connectivity index (χ4v) is 2.81. The zero-order chi connectivity index (χ0) is 17.4. The van der Waals surface area contributed by atoms with Gasteiger partial charge >= 0.3 is 0 Å². The van der Waals surface area contributed by atoms with Gasteiger partial charge in [-0.15, -0.1) is 0 Å². The average molecular weight is 326 g/mol. The molecule has 138 valence electrons. The van der Waals surface area contributed by atoms with Gasteiger partial charge in [0.2, 0.25) is 0 Å². The summed E-state index contributed by atoms with van der Waals surface area (Å²) in [6.07, 6.45) is 24.0. The molecule has 1 atom stereocenters. The number of hydrogen-bond donors (Lipinski definition) is 1. The Hall–Kier alpha value is -0.340. The molecule has 2 N–H and O–H groups in total. The molecular formula is C21H45N2+. The molecule has 0 saturated carbocycles. The second kappa shape index (κ2) is 15.2. The fraction of sp³-hybridized carbons (Fsp3) is 0.905. The largest absolute Gasteiger partial charge is 0.316 e. The predicted molar refractivity (Wildman–Crippen MR) is 105 cm³/mol. The molecule has 0 radical (unpaired) electrons. The number of rotatable bonds is 16. The monoisotopic (exact) mass is 325 g/mol. The summed E-state index contributed by atoms with van der Waals surface area (Å²) in [6.45, 7) is 2.28. The van der Waals surface area contributed by atoms with E-state index in [9.17, 15) is 0 Å². The van der Waals surface area contributed by atoms with Crippen LogP contribution in [-0.4, -0.2) is 31.8 Å². The van der Waals surface area contributed by atoms with Gasteiger partial charge in [-0.3, -0.25) is 5.73 Å². The van der Waals surface area contributed by atoms with Crippen molar-refractivity contribution in [2.75, 3.05) is 21.1 Å². The van der Waals surface area contributed by atoms with Crippen molar-refractivity contribution in [3.63, 3.8) is 0 Å². The number of nitrogens with two attached hydrogens (primary N) is 1. The molecule has 23 heavy (non-hydrogen) atoms. The second-order valence-electron chi connectivity index (χ2n) is 8.06. The third kappa shape index (κ3) is 16.3. The van der Waals surface area contributed by atoms with Gasteiger partial charge in [0.1, 0.15) is 6.17 Å². The van der Waals surface area contributed by atoms with Gasteiger partial charge in [-0.1, -0.05) is 70.4 Å². The lowest BCUT2D eigenvalue weighted by Gasteiger charge is -2.31. The van der Waals surface area contributed by atoms with Crippen LogP contribution in [0.4, 0.5) is 0 Å². The van der Waals surface area contributed by atoms with Gasteiger partial charge in [-0.25, -0.2) is 0 Å². The Morgan fingerprint density at radius 1 is 0.696 bits per heavy atom. The quantitative estimate of drug-likeness (QED) is 0.160. The van der Waals surface area contributed by atoms with Crippen LogP contribution in [0.3, 0.4) is 0 Å². The third-order valence-electron chi connectivity index (χ3n) is 4.76. The lowest BCUT2D eigenvalue weighted by molar-refractivity contribution is -0.896. The van der Waals surface area contributed by atoms with Crippen molar-refractivity contribution in [3.8, 4) is 0 Å². The molecule has 0 amide bonds. The first-order chi connectivity index (χ1) is 11.0. The van der Waals surface area contributed by atoms with Crippen molar-refractivity contribution in [1.29, 1.82) is 0 Å². The highest BCUT2D eigenvalue weighted by atomic mass is 15.4. The summed E-state index contributed by atoms with van der Waals surface area (Å²) in [5.41, 5.74) is 6.17. The topological polar surface area (TPSA) is 26.0 Å². The van der Waals surface area contributed by atoms with Crippen molar-refractivity contribution in [1.82, 2.24) is 0 Å². The Labute approximate surface area is 147 Å². The Kier molecular flexibility index (Phi) is 15.0. The smallest absolute Gasteiger partial charge is 0.139 e. The standard InChI is InChI=1S/C21H45N2/c1-5-6-7-8-9-10-11-12-13-14-15-16-17-18-19-20-21(22)23(2,3)4/h12-13,21H,5-11,14-20,22H2,1-4H3/q+1/b13-12-. The first kappa shape index (κ1) is 22.7. The fourth-order valence-electron chi connectivity index (χ4n) is 2.81. The molecule has 0 aromatic rings. The van der Waals surface area contributed by atoms with Crippen LogP contribution in [0.1, 0.15) is 96.8 Å². The SMILES string of the molecule is CCCCCCCC/C=C\CCCCCCCC(N)[N+](C)(C)C. The van der Waals surface area contributed by atoms with Crippen molar-refractivity contribution < 1.29 is 4.48 Å². The molecule has 0 aliphatic heterocycles. The third-order valence-corrected chi connectivity index (χ3v) is 4.76. The molecule has 0 spiro atoms. The second-order valence-corrected chi connectivity index (χ2v) is 8.06. The summed E-state index contributed by atoms with van der Waals surface area (Å²) >= 11 is 0. The molecule has 2 heteroatoms. The maximum Gasteiger partial charge on any atom is 0.139 e. The summed E-state index contributed by atoms with van der Waals surface area (Å²) in [4.78, 5) is 0. The summed E-state index contributed by atoms with van der Waals surface area (Å²) in [7, 11) is 6.55. The summed E-state index contributed by atoms with van der Waals surface area (Å²) < 4.78 is 0.878. The van der Waals surface area contributed by atoms with E-state index in [2.05, 4.69) is 40.2 Å². The molecule has 0 bridgehead atoms. The molecule has 0 aromatic carbocycles. The van der Waals surface area contributed by atoms with E-state index < -0.39 is 0 Å². The molecule has 0 aliphatic rings. The van der Waals surface area contributed by atoms with Gasteiger partial charge in [0.15, 0.2) is 0 Å². The van der Waals surface area contributed by atoms with E-state index >= 15 is 0 Å². The maximum absolute atomic E-state index is 6.17. The summed E-state index contributed by atoms with van der Waals surface area (Å²) in [5.74, 6) is 0. The zero-order valence-corrected chi connectivity index (χ0v) is 16.7. The molecule has 2 nitrogen and oxygen atoms in total. The Bertz CT molecular complexity index is 266. The molecule has 0 aliphatic carbocycles. The minimum absolute atomic E-state index is 0.292. The summed E-state index contributed by atoms with van der Waals surface area (Å²) in [6, 6.07) is 0. The van der Waals surface area contributed by atoms with Crippen molar-refractivity contribution in [3.05, 3.63) is 12.2 Å². The van der Waals surface area contributed by atoms with E-state index in [1.54, 1.807) is 0 Å². The van der Waals surface area contributed by atoms with Crippen LogP contribution in [0.5, 0.6) is 0 Å². The van der Waals surface area contributed by atoms with Gasteiger partial charge in [0.05, 0.1) is 21.1 Å². The number of quaternary nitrogens is 1. The highest BCUT2D eigenvalue weighted by molar-refractivity contribution is 4.81. The van der Waals surface area contributed by atoms with Crippen LogP contribution in [0, 0.1) is 0 Å². The number of nitrogens with zero attached hydrogens (tertiary/aromatic N) is 1. The minimum Gasteiger partial charge on any atom is -0.316 e. The Morgan fingerprint density at radius 2 is 1.13 bits per heavy atom. The van der Waals surface area contributed by atoms with Crippen LogP contribution in [0.2, 0.25) is 0 Å². The van der Waals surface area contributed by atoms with Gasteiger partial charge in [-0.05, 0) is 32.1 Å². The van der Waals surface area contributed by atoms with Crippen LogP contribution in [-0.2, 0) is 0 Å². The van der Waals surface area contributed by atoms with Crippen molar-refractivity contribution in [2.45, 2.75) is 103 Å². The van der Waals surface area contributed by atoms with Gasteiger partial charge < -0.3 is 4.48 Å². The first-order valence-corrected chi connectivity index (χ1v) is 10.2. The Balaban J connectivity index is 3.22. The van der Waals surface area contributed by atoms with Crippen molar-refractivity contribution in [2.24, 2.45) is 5.73 Å².